The topological polar surface area (TPSA) is 45.1 Å². The molecule has 0 N–H and O–H groups in total. The third-order valence-corrected chi connectivity index (χ3v) is 3.39. The van der Waals surface area contributed by atoms with Crippen LogP contribution in [-0.2, 0) is 11.3 Å². The number of hydrogen-bond acceptors (Lipinski definition) is 4. The summed E-state index contributed by atoms with van der Waals surface area (Å²) in [5, 5.41) is 0. The Morgan fingerprint density at radius 1 is 1.24 bits per heavy atom. The number of carbonyl (C=O) groups is 1. The van der Waals surface area contributed by atoms with E-state index in [2.05, 4.69) is 16.5 Å². The molecule has 0 radical (unpaired) electrons. The number of piperazine rings is 1. The van der Waals surface area contributed by atoms with E-state index in [1.807, 2.05) is 37.3 Å². The van der Waals surface area contributed by atoms with Gasteiger partial charge in [-0.2, -0.15) is 0 Å². The van der Waals surface area contributed by atoms with E-state index in [1.54, 1.807) is 11.1 Å². The minimum absolute atomic E-state index is 0.261. The van der Waals surface area contributed by atoms with Gasteiger partial charge in [0.05, 0.1) is 0 Å². The number of rotatable bonds is 4. The highest BCUT2D eigenvalue weighted by Crippen LogP contribution is 2.10. The Bertz CT molecular complexity index is 506. The van der Waals surface area contributed by atoms with Crippen LogP contribution in [0.25, 0.3) is 0 Å². The monoisotopic (exact) mass is 287 g/mol. The molecule has 0 spiro atoms. The highest BCUT2D eigenvalue weighted by Gasteiger charge is 2.22. The van der Waals surface area contributed by atoms with Crippen LogP contribution in [-0.4, -0.2) is 48.3 Å². The standard InChI is InChI=1S/C16H21N3O2/c1-3-17-14(2)18-9-11-19(12-10-18)16(20)21-13-15-7-5-4-6-8-15/h3-8H,2,9-13H2,1H3/b17-3-. The second-order valence-corrected chi connectivity index (χ2v) is 4.82. The lowest BCUT2D eigenvalue weighted by Gasteiger charge is -2.35. The van der Waals surface area contributed by atoms with E-state index in [9.17, 15) is 4.79 Å². The average Bonchev–Trinajstić information content (AvgIpc) is 2.54. The number of aliphatic imine (C=N–C) groups is 1. The van der Waals surface area contributed by atoms with Crippen LogP contribution in [0.3, 0.4) is 0 Å². The lowest BCUT2D eigenvalue weighted by Crippen LogP contribution is -2.48. The Kier molecular flexibility index (Phi) is 5.37. The molecule has 0 bridgehead atoms. The Labute approximate surface area is 125 Å². The van der Waals surface area contributed by atoms with Gasteiger partial charge in [0, 0.05) is 32.4 Å². The number of ether oxygens (including phenoxy) is 1. The first-order chi connectivity index (χ1) is 10.2. The van der Waals surface area contributed by atoms with Crippen LogP contribution in [0.2, 0.25) is 0 Å². The number of nitrogens with zero attached hydrogens (tertiary/aromatic N) is 3. The molecule has 0 aromatic heterocycles. The van der Waals surface area contributed by atoms with Gasteiger partial charge in [-0.05, 0) is 12.5 Å². The van der Waals surface area contributed by atoms with Gasteiger partial charge in [0.15, 0.2) is 0 Å². The van der Waals surface area contributed by atoms with Crippen LogP contribution in [0.5, 0.6) is 0 Å². The van der Waals surface area contributed by atoms with Crippen molar-refractivity contribution in [1.82, 2.24) is 9.80 Å². The minimum atomic E-state index is -0.261. The highest BCUT2D eigenvalue weighted by molar-refractivity contribution is 5.67. The molecule has 1 fully saturated rings. The molecule has 5 heteroatoms. The molecule has 112 valence electrons. The molecule has 1 aromatic carbocycles. The summed E-state index contributed by atoms with van der Waals surface area (Å²) in [7, 11) is 0. The van der Waals surface area contributed by atoms with Gasteiger partial charge in [-0.15, -0.1) is 0 Å². The first kappa shape index (κ1) is 15.1. The third-order valence-electron chi connectivity index (χ3n) is 3.39. The van der Waals surface area contributed by atoms with Gasteiger partial charge in [-0.1, -0.05) is 36.9 Å². The summed E-state index contributed by atoms with van der Waals surface area (Å²) < 4.78 is 5.33. The van der Waals surface area contributed by atoms with Crippen molar-refractivity contribution in [1.29, 1.82) is 0 Å². The summed E-state index contributed by atoms with van der Waals surface area (Å²) in [6.07, 6.45) is 1.46. The highest BCUT2D eigenvalue weighted by atomic mass is 16.6. The van der Waals surface area contributed by atoms with Crippen molar-refractivity contribution < 1.29 is 9.53 Å². The Balaban J connectivity index is 1.77. The third kappa shape index (κ3) is 4.34. The molecular weight excluding hydrogens is 266 g/mol. The van der Waals surface area contributed by atoms with Crippen molar-refractivity contribution in [2.75, 3.05) is 26.2 Å². The van der Waals surface area contributed by atoms with Crippen molar-refractivity contribution >= 4 is 12.3 Å². The first-order valence-electron chi connectivity index (χ1n) is 7.09. The van der Waals surface area contributed by atoms with E-state index in [-0.39, 0.29) is 6.09 Å². The maximum Gasteiger partial charge on any atom is 0.410 e. The van der Waals surface area contributed by atoms with Crippen molar-refractivity contribution in [3.05, 3.63) is 48.3 Å². The summed E-state index contributed by atoms with van der Waals surface area (Å²) in [6, 6.07) is 9.69. The van der Waals surface area contributed by atoms with Crippen LogP contribution in [0.4, 0.5) is 4.79 Å². The SMILES string of the molecule is C=C(/N=C\C)N1CCN(C(=O)OCc2ccccc2)CC1. The minimum Gasteiger partial charge on any atom is -0.445 e. The molecule has 0 atom stereocenters. The van der Waals surface area contributed by atoms with E-state index in [0.717, 1.165) is 24.5 Å². The maximum absolute atomic E-state index is 12.0. The summed E-state index contributed by atoms with van der Waals surface area (Å²) in [5.41, 5.74) is 0.996. The second kappa shape index (κ2) is 7.47. The normalized spacial score (nSPS) is 15.3. The van der Waals surface area contributed by atoms with E-state index in [4.69, 9.17) is 4.74 Å². The van der Waals surface area contributed by atoms with Crippen LogP contribution < -0.4 is 0 Å². The zero-order valence-corrected chi connectivity index (χ0v) is 12.4. The van der Waals surface area contributed by atoms with E-state index in [0.29, 0.717) is 19.7 Å². The van der Waals surface area contributed by atoms with E-state index >= 15 is 0 Å². The fourth-order valence-corrected chi connectivity index (χ4v) is 2.19. The molecule has 1 aliphatic heterocycles. The lowest BCUT2D eigenvalue weighted by atomic mass is 10.2. The maximum atomic E-state index is 12.0. The molecule has 0 unspecified atom stereocenters. The Morgan fingerprint density at radius 2 is 1.86 bits per heavy atom. The molecule has 5 nitrogen and oxygen atoms in total. The van der Waals surface area contributed by atoms with Gasteiger partial charge in [0.25, 0.3) is 0 Å². The predicted octanol–water partition coefficient (Wildman–Crippen LogP) is 2.50. The number of hydrogen-bond donors (Lipinski definition) is 0. The second-order valence-electron chi connectivity index (χ2n) is 4.82. The van der Waals surface area contributed by atoms with Gasteiger partial charge >= 0.3 is 6.09 Å². The molecule has 1 aromatic rings. The predicted molar refractivity (Wildman–Crippen MR) is 83.1 cm³/mol. The Morgan fingerprint density at radius 3 is 2.48 bits per heavy atom. The zero-order chi connectivity index (χ0) is 15.1. The molecule has 0 saturated carbocycles. The molecule has 1 heterocycles. The molecule has 1 saturated heterocycles. The zero-order valence-electron chi connectivity index (χ0n) is 12.4. The van der Waals surface area contributed by atoms with Crippen LogP contribution >= 0.6 is 0 Å². The lowest BCUT2D eigenvalue weighted by molar-refractivity contribution is 0.0779. The van der Waals surface area contributed by atoms with E-state index < -0.39 is 0 Å². The molecular formula is C16H21N3O2. The fourth-order valence-electron chi connectivity index (χ4n) is 2.19. The van der Waals surface area contributed by atoms with Gasteiger partial charge in [-0.3, -0.25) is 0 Å². The fraction of sp³-hybridized carbons (Fsp3) is 0.375. The molecule has 2 rings (SSSR count). The molecule has 0 aliphatic carbocycles. The van der Waals surface area contributed by atoms with Gasteiger partial charge in [0.1, 0.15) is 12.4 Å². The molecule has 1 aliphatic rings. The average molecular weight is 287 g/mol. The van der Waals surface area contributed by atoms with Crippen molar-refractivity contribution in [2.24, 2.45) is 4.99 Å². The summed E-state index contributed by atoms with van der Waals surface area (Å²) in [5.74, 6) is 0.745. The number of benzene rings is 1. The van der Waals surface area contributed by atoms with Gasteiger partial charge in [-0.25, -0.2) is 9.79 Å². The van der Waals surface area contributed by atoms with E-state index in [1.165, 1.54) is 0 Å². The number of amides is 1. The van der Waals surface area contributed by atoms with Crippen molar-refractivity contribution in [3.8, 4) is 0 Å². The largest absolute Gasteiger partial charge is 0.445 e. The van der Waals surface area contributed by atoms with Crippen molar-refractivity contribution in [2.45, 2.75) is 13.5 Å². The van der Waals surface area contributed by atoms with Crippen LogP contribution in [0, 0.1) is 0 Å². The summed E-state index contributed by atoms with van der Waals surface area (Å²) in [4.78, 5) is 20.0. The quantitative estimate of drug-likeness (QED) is 0.799. The molecule has 21 heavy (non-hydrogen) atoms. The molecule has 1 amide bonds. The van der Waals surface area contributed by atoms with Gasteiger partial charge < -0.3 is 14.5 Å². The first-order valence-corrected chi connectivity index (χ1v) is 7.09. The summed E-state index contributed by atoms with van der Waals surface area (Å²) >= 11 is 0. The van der Waals surface area contributed by atoms with Crippen LogP contribution in [0.15, 0.2) is 47.7 Å². The number of carbonyl (C=O) groups excluding carboxylic acids is 1. The Hall–Kier alpha value is -2.30. The van der Waals surface area contributed by atoms with Crippen LogP contribution in [0.1, 0.15) is 12.5 Å². The van der Waals surface area contributed by atoms with Crippen molar-refractivity contribution in [3.63, 3.8) is 0 Å². The van der Waals surface area contributed by atoms with Gasteiger partial charge in [0.2, 0.25) is 0 Å². The summed E-state index contributed by atoms with van der Waals surface area (Å²) in [6.45, 7) is 8.81. The smallest absolute Gasteiger partial charge is 0.410 e.